The maximum atomic E-state index is 11.0. The van der Waals surface area contributed by atoms with Crippen LogP contribution in [0.5, 0.6) is 0 Å². The first-order valence-corrected chi connectivity index (χ1v) is 6.13. The molecular formula is C11H19N5O3. The quantitative estimate of drug-likeness (QED) is 0.505. The summed E-state index contributed by atoms with van der Waals surface area (Å²) in [6, 6.07) is -0.327. The van der Waals surface area contributed by atoms with Crippen molar-refractivity contribution in [3.8, 4) is 0 Å². The van der Waals surface area contributed by atoms with E-state index in [1.54, 1.807) is 13.8 Å². The lowest BCUT2D eigenvalue weighted by atomic mass is 10.3. The minimum atomic E-state index is -0.522. The number of nitro groups is 1. The Labute approximate surface area is 111 Å². The summed E-state index contributed by atoms with van der Waals surface area (Å²) >= 11 is 0. The van der Waals surface area contributed by atoms with Gasteiger partial charge in [0.15, 0.2) is 0 Å². The minimum absolute atomic E-state index is 0.123. The standard InChI is InChI=1S/C11H19N5O3/c1-4-5-12-11-14-8(3)9(16(18)19)10(15-11)13-7(2)6-17/h7,17H,4-6H2,1-3H3,(H2,12,13,14,15). The summed E-state index contributed by atoms with van der Waals surface area (Å²) in [4.78, 5) is 18.7. The fourth-order valence-corrected chi connectivity index (χ4v) is 1.48. The lowest BCUT2D eigenvalue weighted by Crippen LogP contribution is -2.22. The highest BCUT2D eigenvalue weighted by Gasteiger charge is 2.22. The molecule has 0 saturated heterocycles. The molecule has 8 heteroatoms. The van der Waals surface area contributed by atoms with Gasteiger partial charge in [-0.25, -0.2) is 4.98 Å². The van der Waals surface area contributed by atoms with Gasteiger partial charge < -0.3 is 15.7 Å². The molecule has 0 aliphatic rings. The van der Waals surface area contributed by atoms with Crippen molar-refractivity contribution >= 4 is 17.5 Å². The molecule has 0 amide bonds. The van der Waals surface area contributed by atoms with E-state index in [9.17, 15) is 10.1 Å². The number of aliphatic hydroxyl groups is 1. The summed E-state index contributed by atoms with van der Waals surface area (Å²) in [6.07, 6.45) is 0.898. The highest BCUT2D eigenvalue weighted by molar-refractivity contribution is 5.61. The second-order valence-corrected chi connectivity index (χ2v) is 4.24. The van der Waals surface area contributed by atoms with E-state index in [0.29, 0.717) is 12.5 Å². The molecule has 0 radical (unpaired) electrons. The molecule has 106 valence electrons. The number of aliphatic hydroxyl groups excluding tert-OH is 1. The Bertz CT molecular complexity index is 452. The summed E-state index contributed by atoms with van der Waals surface area (Å²) < 4.78 is 0. The van der Waals surface area contributed by atoms with Crippen molar-refractivity contribution in [2.75, 3.05) is 23.8 Å². The van der Waals surface area contributed by atoms with Gasteiger partial charge in [0.1, 0.15) is 5.69 Å². The van der Waals surface area contributed by atoms with Gasteiger partial charge in [0.2, 0.25) is 11.8 Å². The normalized spacial score (nSPS) is 12.0. The third-order valence-electron chi connectivity index (χ3n) is 2.43. The molecule has 1 unspecified atom stereocenters. The van der Waals surface area contributed by atoms with Gasteiger partial charge in [-0.15, -0.1) is 0 Å². The van der Waals surface area contributed by atoms with Crippen molar-refractivity contribution in [2.45, 2.75) is 33.2 Å². The summed E-state index contributed by atoms with van der Waals surface area (Å²) in [5, 5.41) is 25.9. The van der Waals surface area contributed by atoms with E-state index in [4.69, 9.17) is 5.11 Å². The van der Waals surface area contributed by atoms with Crippen molar-refractivity contribution in [3.05, 3.63) is 15.8 Å². The van der Waals surface area contributed by atoms with Crippen molar-refractivity contribution in [2.24, 2.45) is 0 Å². The molecule has 1 atom stereocenters. The van der Waals surface area contributed by atoms with Gasteiger partial charge >= 0.3 is 5.69 Å². The Hall–Kier alpha value is -1.96. The first-order valence-electron chi connectivity index (χ1n) is 6.13. The van der Waals surface area contributed by atoms with Crippen LogP contribution in [0.1, 0.15) is 26.0 Å². The molecular weight excluding hydrogens is 250 g/mol. The predicted octanol–water partition coefficient (Wildman–Crippen LogP) is 1.31. The van der Waals surface area contributed by atoms with Crippen LogP contribution in [0.3, 0.4) is 0 Å². The average Bonchev–Trinajstić information content (AvgIpc) is 2.35. The van der Waals surface area contributed by atoms with E-state index in [0.717, 1.165) is 6.42 Å². The van der Waals surface area contributed by atoms with E-state index in [1.807, 2.05) is 6.92 Å². The third-order valence-corrected chi connectivity index (χ3v) is 2.43. The van der Waals surface area contributed by atoms with Crippen LogP contribution in [-0.2, 0) is 0 Å². The predicted molar refractivity (Wildman–Crippen MR) is 72.4 cm³/mol. The van der Waals surface area contributed by atoms with Crippen LogP contribution >= 0.6 is 0 Å². The van der Waals surface area contributed by atoms with Crippen LogP contribution in [0.2, 0.25) is 0 Å². The number of rotatable bonds is 7. The van der Waals surface area contributed by atoms with Gasteiger partial charge in [0, 0.05) is 12.6 Å². The maximum Gasteiger partial charge on any atom is 0.332 e. The van der Waals surface area contributed by atoms with Crippen molar-refractivity contribution < 1.29 is 10.0 Å². The Morgan fingerprint density at radius 2 is 2.16 bits per heavy atom. The number of anilines is 2. The van der Waals surface area contributed by atoms with Crippen molar-refractivity contribution in [1.29, 1.82) is 0 Å². The molecule has 0 saturated carbocycles. The van der Waals surface area contributed by atoms with Crippen molar-refractivity contribution in [3.63, 3.8) is 0 Å². The smallest absolute Gasteiger partial charge is 0.332 e. The first-order chi connectivity index (χ1) is 8.99. The third kappa shape index (κ3) is 4.02. The van der Waals surface area contributed by atoms with E-state index in [-0.39, 0.29) is 29.8 Å². The summed E-state index contributed by atoms with van der Waals surface area (Å²) in [5.74, 6) is 0.468. The Balaban J connectivity index is 3.13. The molecule has 0 spiro atoms. The minimum Gasteiger partial charge on any atom is -0.394 e. The lowest BCUT2D eigenvalue weighted by Gasteiger charge is -2.13. The van der Waals surface area contributed by atoms with E-state index in [1.165, 1.54) is 0 Å². The summed E-state index contributed by atoms with van der Waals surface area (Å²) in [7, 11) is 0. The Morgan fingerprint density at radius 3 is 2.68 bits per heavy atom. The maximum absolute atomic E-state index is 11.0. The average molecular weight is 269 g/mol. The van der Waals surface area contributed by atoms with Crippen LogP contribution in [0, 0.1) is 17.0 Å². The molecule has 1 rings (SSSR count). The van der Waals surface area contributed by atoms with E-state index >= 15 is 0 Å². The van der Waals surface area contributed by atoms with Crippen LogP contribution in [0.15, 0.2) is 0 Å². The largest absolute Gasteiger partial charge is 0.394 e. The van der Waals surface area contributed by atoms with Crippen molar-refractivity contribution in [1.82, 2.24) is 9.97 Å². The topological polar surface area (TPSA) is 113 Å². The van der Waals surface area contributed by atoms with Gasteiger partial charge in [-0.1, -0.05) is 6.92 Å². The second kappa shape index (κ2) is 6.83. The molecule has 0 fully saturated rings. The number of nitrogens with zero attached hydrogens (tertiary/aromatic N) is 3. The molecule has 1 aromatic rings. The number of nitrogens with one attached hydrogen (secondary N) is 2. The number of hydrogen-bond donors (Lipinski definition) is 3. The fourth-order valence-electron chi connectivity index (χ4n) is 1.48. The molecule has 1 aromatic heterocycles. The van der Waals surface area contributed by atoms with E-state index in [2.05, 4.69) is 20.6 Å². The number of aromatic nitrogens is 2. The van der Waals surface area contributed by atoms with Crippen LogP contribution in [0.25, 0.3) is 0 Å². The fraction of sp³-hybridized carbons (Fsp3) is 0.636. The Kier molecular flexibility index (Phi) is 5.43. The summed E-state index contributed by atoms with van der Waals surface area (Å²) in [6.45, 7) is 5.81. The van der Waals surface area contributed by atoms with Crippen LogP contribution in [-0.4, -0.2) is 39.2 Å². The zero-order valence-corrected chi connectivity index (χ0v) is 11.3. The highest BCUT2D eigenvalue weighted by atomic mass is 16.6. The SMILES string of the molecule is CCCNc1nc(C)c([N+](=O)[O-])c(NC(C)CO)n1. The number of aryl methyl sites for hydroxylation is 1. The molecule has 1 heterocycles. The molecule has 8 nitrogen and oxygen atoms in total. The van der Waals surface area contributed by atoms with Gasteiger partial charge in [-0.3, -0.25) is 10.1 Å². The zero-order valence-electron chi connectivity index (χ0n) is 11.3. The number of hydrogen-bond acceptors (Lipinski definition) is 7. The zero-order chi connectivity index (χ0) is 14.4. The van der Waals surface area contributed by atoms with Gasteiger partial charge in [0.05, 0.1) is 11.5 Å². The molecule has 3 N–H and O–H groups in total. The van der Waals surface area contributed by atoms with Crippen LogP contribution < -0.4 is 10.6 Å². The molecule has 0 aliphatic carbocycles. The van der Waals surface area contributed by atoms with Crippen LogP contribution in [0.4, 0.5) is 17.5 Å². The highest BCUT2D eigenvalue weighted by Crippen LogP contribution is 2.26. The Morgan fingerprint density at radius 1 is 1.47 bits per heavy atom. The van der Waals surface area contributed by atoms with E-state index < -0.39 is 4.92 Å². The van der Waals surface area contributed by atoms with Gasteiger partial charge in [-0.05, 0) is 20.3 Å². The molecule has 0 bridgehead atoms. The molecule has 0 aliphatic heterocycles. The van der Waals surface area contributed by atoms with Gasteiger partial charge in [0.25, 0.3) is 0 Å². The monoisotopic (exact) mass is 269 g/mol. The summed E-state index contributed by atoms with van der Waals surface area (Å²) in [5.41, 5.74) is 0.119. The first kappa shape index (κ1) is 15.1. The second-order valence-electron chi connectivity index (χ2n) is 4.24. The van der Waals surface area contributed by atoms with Gasteiger partial charge in [-0.2, -0.15) is 4.98 Å². The molecule has 0 aromatic carbocycles. The molecule has 19 heavy (non-hydrogen) atoms. The lowest BCUT2D eigenvalue weighted by molar-refractivity contribution is -0.385.